The van der Waals surface area contributed by atoms with Gasteiger partial charge in [-0.15, -0.1) is 0 Å². The standard InChI is InChI=1S/C17H23NO3/c1-12-7-13(2)10-18(9-12)17(20)11-21-16-6-4-5-15(8-16)14(3)19/h4-6,8,12-13H,7,9-11H2,1-3H3. The first kappa shape index (κ1) is 15.5. The average Bonchev–Trinajstić information content (AvgIpc) is 2.44. The monoisotopic (exact) mass is 289 g/mol. The van der Waals surface area contributed by atoms with Gasteiger partial charge in [-0.05, 0) is 37.3 Å². The maximum Gasteiger partial charge on any atom is 0.260 e. The van der Waals surface area contributed by atoms with Crippen molar-refractivity contribution in [1.82, 2.24) is 4.90 Å². The van der Waals surface area contributed by atoms with Crippen LogP contribution in [-0.2, 0) is 4.79 Å². The van der Waals surface area contributed by atoms with Crippen LogP contribution in [0.5, 0.6) is 5.75 Å². The van der Waals surface area contributed by atoms with Crippen molar-refractivity contribution in [2.24, 2.45) is 11.8 Å². The van der Waals surface area contributed by atoms with Crippen LogP contribution in [0.1, 0.15) is 37.6 Å². The summed E-state index contributed by atoms with van der Waals surface area (Å²) in [5, 5.41) is 0. The first-order valence-corrected chi connectivity index (χ1v) is 7.47. The number of hydrogen-bond donors (Lipinski definition) is 0. The maximum atomic E-state index is 12.2. The lowest BCUT2D eigenvalue weighted by Crippen LogP contribution is -2.44. The zero-order valence-electron chi connectivity index (χ0n) is 13.0. The minimum Gasteiger partial charge on any atom is -0.484 e. The van der Waals surface area contributed by atoms with Gasteiger partial charge in [0.25, 0.3) is 5.91 Å². The van der Waals surface area contributed by atoms with Crippen molar-refractivity contribution in [3.63, 3.8) is 0 Å². The van der Waals surface area contributed by atoms with E-state index in [2.05, 4.69) is 13.8 Å². The Balaban J connectivity index is 1.92. The minimum absolute atomic E-state index is 0.00884. The fourth-order valence-corrected chi connectivity index (χ4v) is 2.91. The smallest absolute Gasteiger partial charge is 0.260 e. The van der Waals surface area contributed by atoms with Crippen LogP contribution in [0.3, 0.4) is 0 Å². The lowest BCUT2D eigenvalue weighted by molar-refractivity contribution is -0.136. The van der Waals surface area contributed by atoms with Crippen LogP contribution in [0, 0.1) is 11.8 Å². The summed E-state index contributed by atoms with van der Waals surface area (Å²) >= 11 is 0. The third kappa shape index (κ3) is 4.31. The Bertz CT molecular complexity index is 517. The van der Waals surface area contributed by atoms with E-state index in [0.29, 0.717) is 23.1 Å². The topological polar surface area (TPSA) is 46.6 Å². The van der Waals surface area contributed by atoms with Crippen molar-refractivity contribution in [2.75, 3.05) is 19.7 Å². The molecule has 0 radical (unpaired) electrons. The van der Waals surface area contributed by atoms with E-state index in [1.807, 2.05) is 4.90 Å². The average molecular weight is 289 g/mol. The summed E-state index contributed by atoms with van der Waals surface area (Å²) < 4.78 is 5.54. The van der Waals surface area contributed by atoms with E-state index in [1.165, 1.54) is 13.3 Å². The number of Topliss-reactive ketones (excluding diaryl/α,β-unsaturated/α-hetero) is 1. The second kappa shape index (κ2) is 6.74. The number of ether oxygens (including phenoxy) is 1. The summed E-state index contributed by atoms with van der Waals surface area (Å²) in [6, 6.07) is 6.95. The molecule has 1 aliphatic rings. The molecular weight excluding hydrogens is 266 g/mol. The molecule has 0 saturated carbocycles. The third-order valence-electron chi connectivity index (χ3n) is 3.82. The van der Waals surface area contributed by atoms with Crippen LogP contribution >= 0.6 is 0 Å². The normalized spacial score (nSPS) is 22.0. The number of carbonyl (C=O) groups excluding carboxylic acids is 2. The summed E-state index contributed by atoms with van der Waals surface area (Å²) in [5.74, 6) is 1.65. The van der Waals surface area contributed by atoms with Crippen LogP contribution in [0.4, 0.5) is 0 Å². The second-order valence-electron chi connectivity index (χ2n) is 6.12. The van der Waals surface area contributed by atoms with Gasteiger partial charge in [-0.2, -0.15) is 0 Å². The van der Waals surface area contributed by atoms with Gasteiger partial charge in [0.1, 0.15) is 5.75 Å². The van der Waals surface area contributed by atoms with Gasteiger partial charge < -0.3 is 9.64 Å². The highest BCUT2D eigenvalue weighted by Gasteiger charge is 2.25. The molecule has 1 saturated heterocycles. The predicted octanol–water partition coefficient (Wildman–Crippen LogP) is 2.77. The molecule has 1 heterocycles. The molecule has 2 unspecified atom stereocenters. The quantitative estimate of drug-likeness (QED) is 0.801. The van der Waals surface area contributed by atoms with Crippen molar-refractivity contribution in [3.05, 3.63) is 29.8 Å². The summed E-state index contributed by atoms with van der Waals surface area (Å²) in [7, 11) is 0. The number of ketones is 1. The molecule has 21 heavy (non-hydrogen) atoms. The SMILES string of the molecule is CC(=O)c1cccc(OCC(=O)N2CC(C)CC(C)C2)c1. The van der Waals surface area contributed by atoms with E-state index < -0.39 is 0 Å². The van der Waals surface area contributed by atoms with Gasteiger partial charge in [0.15, 0.2) is 12.4 Å². The molecule has 0 spiro atoms. The van der Waals surface area contributed by atoms with Gasteiger partial charge in [-0.3, -0.25) is 9.59 Å². The predicted molar refractivity (Wildman–Crippen MR) is 81.5 cm³/mol. The number of likely N-dealkylation sites (tertiary alicyclic amines) is 1. The number of amides is 1. The molecule has 114 valence electrons. The van der Waals surface area contributed by atoms with Crippen molar-refractivity contribution in [3.8, 4) is 5.75 Å². The van der Waals surface area contributed by atoms with E-state index in [-0.39, 0.29) is 18.3 Å². The molecule has 4 nitrogen and oxygen atoms in total. The summed E-state index contributed by atoms with van der Waals surface area (Å²) in [5.41, 5.74) is 0.597. The Hall–Kier alpha value is -1.84. The molecule has 2 atom stereocenters. The Morgan fingerprint density at radius 3 is 2.52 bits per heavy atom. The van der Waals surface area contributed by atoms with E-state index >= 15 is 0 Å². The first-order chi connectivity index (χ1) is 9.95. The Kier molecular flexibility index (Phi) is 4.99. The molecular formula is C17H23NO3. The van der Waals surface area contributed by atoms with E-state index in [1.54, 1.807) is 24.3 Å². The van der Waals surface area contributed by atoms with Gasteiger partial charge in [-0.25, -0.2) is 0 Å². The zero-order chi connectivity index (χ0) is 15.4. The molecule has 1 aromatic carbocycles. The number of nitrogens with zero attached hydrogens (tertiary/aromatic N) is 1. The number of hydrogen-bond acceptors (Lipinski definition) is 3. The van der Waals surface area contributed by atoms with Crippen molar-refractivity contribution < 1.29 is 14.3 Å². The van der Waals surface area contributed by atoms with Crippen LogP contribution in [0.15, 0.2) is 24.3 Å². The van der Waals surface area contributed by atoms with Gasteiger partial charge in [0.05, 0.1) is 0 Å². The Labute approximate surface area is 126 Å². The van der Waals surface area contributed by atoms with Crippen molar-refractivity contribution >= 4 is 11.7 Å². The minimum atomic E-state index is -0.00884. The Morgan fingerprint density at radius 1 is 1.24 bits per heavy atom. The fraction of sp³-hybridized carbons (Fsp3) is 0.529. The summed E-state index contributed by atoms with van der Waals surface area (Å²) in [6.07, 6.45) is 1.17. The van der Waals surface area contributed by atoms with Crippen molar-refractivity contribution in [1.29, 1.82) is 0 Å². The number of carbonyl (C=O) groups is 2. The molecule has 1 aliphatic heterocycles. The second-order valence-corrected chi connectivity index (χ2v) is 6.12. The summed E-state index contributed by atoms with van der Waals surface area (Å²) in [4.78, 5) is 25.4. The zero-order valence-corrected chi connectivity index (χ0v) is 13.0. The molecule has 0 bridgehead atoms. The maximum absolute atomic E-state index is 12.2. The van der Waals surface area contributed by atoms with E-state index in [0.717, 1.165) is 13.1 Å². The van der Waals surface area contributed by atoms with Crippen LogP contribution < -0.4 is 4.74 Å². The molecule has 1 fully saturated rings. The lowest BCUT2D eigenvalue weighted by Gasteiger charge is -2.34. The first-order valence-electron chi connectivity index (χ1n) is 7.47. The van der Waals surface area contributed by atoms with Gasteiger partial charge in [0, 0.05) is 18.7 Å². The molecule has 0 N–H and O–H groups in total. The molecule has 4 heteroatoms. The van der Waals surface area contributed by atoms with Gasteiger partial charge in [0.2, 0.25) is 0 Å². The fourth-order valence-electron chi connectivity index (χ4n) is 2.91. The molecule has 0 aromatic heterocycles. The van der Waals surface area contributed by atoms with E-state index in [4.69, 9.17) is 4.74 Å². The third-order valence-corrected chi connectivity index (χ3v) is 3.82. The van der Waals surface area contributed by atoms with Crippen LogP contribution in [-0.4, -0.2) is 36.3 Å². The number of rotatable bonds is 4. The largest absolute Gasteiger partial charge is 0.484 e. The van der Waals surface area contributed by atoms with Gasteiger partial charge in [-0.1, -0.05) is 26.0 Å². The highest BCUT2D eigenvalue weighted by molar-refractivity contribution is 5.94. The van der Waals surface area contributed by atoms with Gasteiger partial charge >= 0.3 is 0 Å². The molecule has 1 aromatic rings. The number of piperidine rings is 1. The molecule has 2 rings (SSSR count). The van der Waals surface area contributed by atoms with Crippen LogP contribution in [0.2, 0.25) is 0 Å². The summed E-state index contributed by atoms with van der Waals surface area (Å²) in [6.45, 7) is 7.50. The highest BCUT2D eigenvalue weighted by atomic mass is 16.5. The van der Waals surface area contributed by atoms with Crippen LogP contribution in [0.25, 0.3) is 0 Å². The Morgan fingerprint density at radius 2 is 1.90 bits per heavy atom. The van der Waals surface area contributed by atoms with E-state index in [9.17, 15) is 9.59 Å². The highest BCUT2D eigenvalue weighted by Crippen LogP contribution is 2.21. The lowest BCUT2D eigenvalue weighted by atomic mass is 9.92. The van der Waals surface area contributed by atoms with Crippen molar-refractivity contribution in [2.45, 2.75) is 27.2 Å². The number of benzene rings is 1. The molecule has 0 aliphatic carbocycles. The molecule has 1 amide bonds.